The summed E-state index contributed by atoms with van der Waals surface area (Å²) in [6.45, 7) is 2.64. The largest absolute Gasteiger partial charge is 0.338 e. The maximum atomic E-state index is 12.7. The Hall–Kier alpha value is -1.90. The molecule has 0 aliphatic carbocycles. The van der Waals surface area contributed by atoms with Crippen LogP contribution >= 0.6 is 11.6 Å². The Morgan fingerprint density at radius 3 is 2.54 bits per heavy atom. The van der Waals surface area contributed by atoms with Crippen LogP contribution in [0, 0.1) is 0 Å². The van der Waals surface area contributed by atoms with Crippen molar-refractivity contribution in [1.82, 2.24) is 19.4 Å². The summed E-state index contributed by atoms with van der Waals surface area (Å²) in [6, 6.07) is 7.08. The molecule has 9 heteroatoms. The molecule has 26 heavy (non-hydrogen) atoms. The van der Waals surface area contributed by atoms with Crippen molar-refractivity contribution < 1.29 is 13.2 Å². The summed E-state index contributed by atoms with van der Waals surface area (Å²) in [7, 11) is -3.22. The van der Waals surface area contributed by atoms with Gasteiger partial charge in [0.15, 0.2) is 0 Å². The number of aromatic nitrogens is 2. The number of carbonyl (C=O) groups is 1. The summed E-state index contributed by atoms with van der Waals surface area (Å²) in [5.41, 5.74) is 1.33. The van der Waals surface area contributed by atoms with Crippen LogP contribution in [0.1, 0.15) is 30.1 Å². The van der Waals surface area contributed by atoms with E-state index in [4.69, 9.17) is 11.6 Å². The van der Waals surface area contributed by atoms with Crippen molar-refractivity contribution in [3.05, 3.63) is 47.2 Å². The second-order valence-electron chi connectivity index (χ2n) is 6.24. The minimum absolute atomic E-state index is 0.0655. The maximum Gasteiger partial charge on any atom is 0.257 e. The highest BCUT2D eigenvalue weighted by Gasteiger charge is 2.26. The molecule has 2 heterocycles. The lowest BCUT2D eigenvalue weighted by Crippen LogP contribution is -2.46. The average Bonchev–Trinajstić information content (AvgIpc) is 3.12. The van der Waals surface area contributed by atoms with E-state index in [9.17, 15) is 13.2 Å². The van der Waals surface area contributed by atoms with Crippen molar-refractivity contribution >= 4 is 27.5 Å². The second kappa shape index (κ2) is 7.77. The highest BCUT2D eigenvalue weighted by Crippen LogP contribution is 2.17. The van der Waals surface area contributed by atoms with E-state index in [-0.39, 0.29) is 17.7 Å². The Labute approximate surface area is 158 Å². The number of benzene rings is 1. The maximum absolute atomic E-state index is 12.7. The highest BCUT2D eigenvalue weighted by atomic mass is 35.5. The van der Waals surface area contributed by atoms with Gasteiger partial charge in [-0.15, -0.1) is 0 Å². The number of nitrogens with one attached hydrogen (secondary N) is 1. The van der Waals surface area contributed by atoms with E-state index < -0.39 is 10.0 Å². The number of nitrogens with zero attached hydrogens (tertiary/aromatic N) is 3. The van der Waals surface area contributed by atoms with Gasteiger partial charge in [0.1, 0.15) is 0 Å². The molecule has 7 nitrogen and oxygen atoms in total. The van der Waals surface area contributed by atoms with Gasteiger partial charge in [0.2, 0.25) is 10.0 Å². The molecule has 0 saturated carbocycles. The molecule has 1 aliphatic heterocycles. The minimum atomic E-state index is -3.22. The van der Waals surface area contributed by atoms with Gasteiger partial charge < -0.3 is 4.90 Å². The summed E-state index contributed by atoms with van der Waals surface area (Å²) < 4.78 is 27.6. The molecule has 1 saturated heterocycles. The smallest absolute Gasteiger partial charge is 0.257 e. The Kier molecular flexibility index (Phi) is 5.64. The lowest BCUT2D eigenvalue weighted by molar-refractivity contribution is 0.0711. The van der Waals surface area contributed by atoms with Crippen LogP contribution < -0.4 is 4.72 Å². The van der Waals surface area contributed by atoms with Gasteiger partial charge in [0, 0.05) is 30.4 Å². The summed E-state index contributed by atoms with van der Waals surface area (Å²) in [6.07, 6.45) is 4.45. The fourth-order valence-corrected chi connectivity index (χ4v) is 3.92. The lowest BCUT2D eigenvalue weighted by atomic mass is 10.1. The third-order valence-electron chi connectivity index (χ3n) is 4.43. The van der Waals surface area contributed by atoms with Crippen LogP contribution in [-0.4, -0.2) is 53.9 Å². The van der Waals surface area contributed by atoms with Crippen molar-refractivity contribution in [3.8, 4) is 5.69 Å². The first-order valence-electron chi connectivity index (χ1n) is 8.48. The van der Waals surface area contributed by atoms with Crippen molar-refractivity contribution in [2.45, 2.75) is 25.8 Å². The summed E-state index contributed by atoms with van der Waals surface area (Å²) in [4.78, 5) is 14.4. The number of rotatable bonds is 5. The Bertz CT molecular complexity index is 872. The molecule has 1 aliphatic rings. The van der Waals surface area contributed by atoms with E-state index in [1.807, 2.05) is 12.1 Å². The van der Waals surface area contributed by atoms with E-state index in [1.165, 1.54) is 0 Å². The van der Waals surface area contributed by atoms with E-state index >= 15 is 0 Å². The monoisotopic (exact) mass is 396 g/mol. The van der Waals surface area contributed by atoms with Gasteiger partial charge in [0.25, 0.3) is 5.91 Å². The molecule has 1 aromatic heterocycles. The first-order valence-corrected chi connectivity index (χ1v) is 10.5. The molecule has 0 spiro atoms. The molecule has 1 aromatic carbocycles. The zero-order valence-corrected chi connectivity index (χ0v) is 16.0. The van der Waals surface area contributed by atoms with Gasteiger partial charge in [-0.2, -0.15) is 5.10 Å². The molecular weight excluding hydrogens is 376 g/mol. The van der Waals surface area contributed by atoms with E-state index in [1.54, 1.807) is 41.0 Å². The molecular formula is C17H21ClN4O3S. The lowest BCUT2D eigenvalue weighted by Gasteiger charge is -2.31. The number of hydrogen-bond acceptors (Lipinski definition) is 4. The quantitative estimate of drug-likeness (QED) is 0.838. The third-order valence-corrected chi connectivity index (χ3v) is 6.13. The van der Waals surface area contributed by atoms with Crippen LogP contribution in [0.15, 0.2) is 36.7 Å². The van der Waals surface area contributed by atoms with Gasteiger partial charge in [-0.05, 0) is 44.0 Å². The van der Waals surface area contributed by atoms with Gasteiger partial charge in [0.05, 0.1) is 23.2 Å². The van der Waals surface area contributed by atoms with E-state index in [0.717, 1.165) is 5.69 Å². The van der Waals surface area contributed by atoms with Crippen LogP contribution in [0.2, 0.25) is 5.02 Å². The number of carbonyl (C=O) groups excluding carboxylic acids is 1. The van der Waals surface area contributed by atoms with E-state index in [0.29, 0.717) is 36.5 Å². The van der Waals surface area contributed by atoms with E-state index in [2.05, 4.69) is 9.82 Å². The number of halogens is 1. The molecule has 1 amide bonds. The van der Waals surface area contributed by atoms with Crippen LogP contribution in [-0.2, 0) is 10.0 Å². The van der Waals surface area contributed by atoms with Gasteiger partial charge >= 0.3 is 0 Å². The Morgan fingerprint density at radius 1 is 1.27 bits per heavy atom. The molecule has 3 rings (SSSR count). The summed E-state index contributed by atoms with van der Waals surface area (Å²) in [5, 5.41) is 4.88. The normalized spacial score (nSPS) is 16.0. The Balaban J connectivity index is 1.62. The number of likely N-dealkylation sites (tertiary alicyclic amines) is 1. The fraction of sp³-hybridized carbons (Fsp3) is 0.412. The molecule has 140 valence electrons. The zero-order chi connectivity index (χ0) is 18.7. The summed E-state index contributed by atoms with van der Waals surface area (Å²) >= 11 is 5.88. The average molecular weight is 397 g/mol. The predicted molar refractivity (Wildman–Crippen MR) is 100 cm³/mol. The third kappa shape index (κ3) is 4.44. The standard InChI is InChI=1S/C17H21ClN4O3S/c1-2-26(24,25)20-15-7-9-21(10-8-15)17(23)13-11-19-22(12-13)16-5-3-14(18)4-6-16/h3-6,11-12,15,20H,2,7-10H2,1H3. The van der Waals surface area contributed by atoms with Crippen LogP contribution in [0.3, 0.4) is 0 Å². The first kappa shape index (κ1) is 18.9. The van der Waals surface area contributed by atoms with Crippen molar-refractivity contribution in [3.63, 3.8) is 0 Å². The molecule has 0 radical (unpaired) electrons. The number of amides is 1. The SMILES string of the molecule is CCS(=O)(=O)NC1CCN(C(=O)c2cnn(-c3ccc(Cl)cc3)c2)CC1. The Morgan fingerprint density at radius 2 is 1.92 bits per heavy atom. The molecule has 0 unspecified atom stereocenters. The van der Waals surface area contributed by atoms with Gasteiger partial charge in [-0.25, -0.2) is 17.8 Å². The molecule has 0 bridgehead atoms. The minimum Gasteiger partial charge on any atom is -0.338 e. The van der Waals surface area contributed by atoms with Crippen molar-refractivity contribution in [2.75, 3.05) is 18.8 Å². The van der Waals surface area contributed by atoms with Gasteiger partial charge in [-0.3, -0.25) is 4.79 Å². The number of hydrogen-bond donors (Lipinski definition) is 1. The zero-order valence-electron chi connectivity index (χ0n) is 14.4. The summed E-state index contributed by atoms with van der Waals surface area (Å²) in [5.74, 6) is -0.0299. The number of sulfonamides is 1. The fourth-order valence-electron chi connectivity index (χ4n) is 2.89. The topological polar surface area (TPSA) is 84.3 Å². The van der Waals surface area contributed by atoms with Crippen molar-refractivity contribution in [2.24, 2.45) is 0 Å². The molecule has 1 fully saturated rings. The number of piperidine rings is 1. The predicted octanol–water partition coefficient (Wildman–Crippen LogP) is 2.07. The van der Waals surface area contributed by atoms with Crippen LogP contribution in [0.25, 0.3) is 5.69 Å². The highest BCUT2D eigenvalue weighted by molar-refractivity contribution is 7.89. The van der Waals surface area contributed by atoms with Crippen LogP contribution in [0.4, 0.5) is 0 Å². The second-order valence-corrected chi connectivity index (χ2v) is 8.72. The van der Waals surface area contributed by atoms with Crippen molar-refractivity contribution in [1.29, 1.82) is 0 Å². The first-order chi connectivity index (χ1) is 12.4. The van der Waals surface area contributed by atoms with Crippen LogP contribution in [0.5, 0.6) is 0 Å². The van der Waals surface area contributed by atoms with Gasteiger partial charge in [-0.1, -0.05) is 11.6 Å². The molecule has 1 N–H and O–H groups in total. The molecule has 0 atom stereocenters. The molecule has 2 aromatic rings.